The van der Waals surface area contributed by atoms with E-state index >= 15 is 0 Å². The van der Waals surface area contributed by atoms with Gasteiger partial charge in [-0.2, -0.15) is 22.7 Å². The number of urea groups is 2. The Hall–Kier alpha value is -3.70. The zero-order valence-corrected chi connectivity index (χ0v) is 31.0. The standard InChI is InChI=1S/2C19H27N3OS/c2*1-15(11-17-9-10-24-14-17)21-19(23)20-13-18(22(2)3)12-16-7-5-4-6-8-16/h2*4-10,14-15,18H,11-13H2,1-3H3,(H2,20,21,23)/t15?,18-;15-,18-/m00/s1. The number of carbonyl (C=O) groups is 2. The molecular formula is C38H54N6O2S2. The lowest BCUT2D eigenvalue weighted by Crippen LogP contribution is -2.47. The second kappa shape index (κ2) is 21.3. The molecule has 4 rings (SSSR count). The number of likely N-dealkylation sites (N-methyl/N-ethyl adjacent to an activating group) is 2. The van der Waals surface area contributed by atoms with Gasteiger partial charge in [-0.15, -0.1) is 0 Å². The third kappa shape index (κ3) is 15.5. The second-order valence-corrected chi connectivity index (χ2v) is 14.4. The molecule has 0 saturated carbocycles. The quantitative estimate of drug-likeness (QED) is 0.111. The summed E-state index contributed by atoms with van der Waals surface area (Å²) in [4.78, 5) is 28.6. The van der Waals surface area contributed by atoms with Crippen LogP contribution in [0.15, 0.2) is 94.3 Å². The summed E-state index contributed by atoms with van der Waals surface area (Å²) in [6.45, 7) is 5.31. The van der Waals surface area contributed by atoms with Crippen LogP contribution in [0.1, 0.15) is 36.1 Å². The van der Waals surface area contributed by atoms with E-state index in [0.29, 0.717) is 13.1 Å². The highest BCUT2D eigenvalue weighted by Crippen LogP contribution is 2.10. The van der Waals surface area contributed by atoms with Gasteiger partial charge in [0, 0.05) is 37.3 Å². The molecule has 4 N–H and O–H groups in total. The summed E-state index contributed by atoms with van der Waals surface area (Å²) < 4.78 is 0. The summed E-state index contributed by atoms with van der Waals surface area (Å²) in [6.07, 6.45) is 3.55. The van der Waals surface area contributed by atoms with Crippen molar-refractivity contribution in [2.75, 3.05) is 41.3 Å². The Kier molecular flexibility index (Phi) is 17.2. The average molecular weight is 691 g/mol. The van der Waals surface area contributed by atoms with Crippen molar-refractivity contribution in [2.45, 2.75) is 63.7 Å². The Morgan fingerprint density at radius 2 is 0.938 bits per heavy atom. The van der Waals surface area contributed by atoms with Crippen LogP contribution in [0.4, 0.5) is 9.59 Å². The molecule has 0 radical (unpaired) electrons. The topological polar surface area (TPSA) is 88.7 Å². The van der Waals surface area contributed by atoms with Crippen LogP contribution in [0.3, 0.4) is 0 Å². The van der Waals surface area contributed by atoms with Crippen molar-refractivity contribution in [2.24, 2.45) is 0 Å². The molecule has 260 valence electrons. The molecule has 2 heterocycles. The van der Waals surface area contributed by atoms with Crippen LogP contribution in [-0.2, 0) is 25.7 Å². The van der Waals surface area contributed by atoms with Gasteiger partial charge in [-0.1, -0.05) is 60.7 Å². The molecule has 0 saturated heterocycles. The summed E-state index contributed by atoms with van der Waals surface area (Å²) >= 11 is 3.37. The minimum Gasteiger partial charge on any atom is -0.337 e. The molecule has 4 aromatic rings. The summed E-state index contributed by atoms with van der Waals surface area (Å²) in [5, 5.41) is 20.4. The van der Waals surface area contributed by atoms with E-state index in [9.17, 15) is 9.59 Å². The monoisotopic (exact) mass is 690 g/mol. The molecule has 0 bridgehead atoms. The van der Waals surface area contributed by atoms with Crippen LogP contribution in [0.25, 0.3) is 0 Å². The number of carbonyl (C=O) groups excluding carboxylic acids is 2. The zero-order chi connectivity index (χ0) is 34.7. The SMILES string of the molecule is CC(Cc1ccsc1)NC(=O)NC[C@H](Cc1ccccc1)N(C)C.C[C@@H](Cc1ccsc1)NC(=O)NC[C@H](Cc1ccccc1)N(C)C. The Morgan fingerprint density at radius 3 is 1.25 bits per heavy atom. The molecule has 0 aliphatic carbocycles. The predicted octanol–water partition coefficient (Wildman–Crippen LogP) is 6.30. The fourth-order valence-corrected chi connectivity index (χ4v) is 6.61. The van der Waals surface area contributed by atoms with Gasteiger partial charge in [0.2, 0.25) is 0 Å². The number of amides is 4. The van der Waals surface area contributed by atoms with Gasteiger partial charge in [-0.25, -0.2) is 9.59 Å². The van der Waals surface area contributed by atoms with Gasteiger partial charge < -0.3 is 31.1 Å². The van der Waals surface area contributed by atoms with E-state index in [1.165, 1.54) is 22.3 Å². The first-order chi connectivity index (χ1) is 23.1. The minimum atomic E-state index is -0.0994. The fraction of sp³-hybridized carbons (Fsp3) is 0.421. The largest absolute Gasteiger partial charge is 0.337 e. The molecule has 0 spiro atoms. The number of nitrogens with one attached hydrogen (secondary N) is 4. The summed E-state index contributed by atoms with van der Waals surface area (Å²) in [5.74, 6) is 0. The third-order valence-corrected chi connectivity index (χ3v) is 9.55. The number of nitrogens with zero attached hydrogens (tertiary/aromatic N) is 2. The van der Waals surface area contributed by atoms with Crippen molar-refractivity contribution in [3.63, 3.8) is 0 Å². The van der Waals surface area contributed by atoms with Gasteiger partial charge in [-0.3, -0.25) is 0 Å². The number of rotatable bonds is 16. The predicted molar refractivity (Wildman–Crippen MR) is 203 cm³/mol. The van der Waals surface area contributed by atoms with Crippen molar-refractivity contribution in [3.05, 3.63) is 117 Å². The number of benzene rings is 2. The molecular weight excluding hydrogens is 637 g/mol. The van der Waals surface area contributed by atoms with E-state index in [1.54, 1.807) is 22.7 Å². The van der Waals surface area contributed by atoms with Crippen molar-refractivity contribution in [1.82, 2.24) is 31.1 Å². The first-order valence-electron chi connectivity index (χ1n) is 16.6. The van der Waals surface area contributed by atoms with Crippen LogP contribution in [0.5, 0.6) is 0 Å². The van der Waals surface area contributed by atoms with E-state index in [-0.39, 0.29) is 36.2 Å². The molecule has 4 amide bonds. The maximum atomic E-state index is 12.1. The van der Waals surface area contributed by atoms with Crippen molar-refractivity contribution < 1.29 is 9.59 Å². The third-order valence-electron chi connectivity index (χ3n) is 8.08. The number of thiophene rings is 2. The first kappa shape index (κ1) is 38.7. The van der Waals surface area contributed by atoms with Gasteiger partial charge in [0.25, 0.3) is 0 Å². The van der Waals surface area contributed by atoms with Gasteiger partial charge in [0.15, 0.2) is 0 Å². The average Bonchev–Trinajstić information content (AvgIpc) is 3.77. The maximum absolute atomic E-state index is 12.1. The normalized spacial score (nSPS) is 13.5. The molecule has 4 atom stereocenters. The molecule has 0 fully saturated rings. The molecule has 10 heteroatoms. The molecule has 0 aliphatic rings. The molecule has 0 aliphatic heterocycles. The zero-order valence-electron chi connectivity index (χ0n) is 29.3. The molecule has 2 aromatic heterocycles. The fourth-order valence-electron chi connectivity index (χ4n) is 5.24. The summed E-state index contributed by atoms with van der Waals surface area (Å²) in [7, 11) is 8.19. The van der Waals surface area contributed by atoms with Crippen LogP contribution >= 0.6 is 22.7 Å². The Balaban J connectivity index is 0.000000260. The lowest BCUT2D eigenvalue weighted by molar-refractivity contribution is 0.228. The van der Waals surface area contributed by atoms with E-state index in [0.717, 1.165) is 25.7 Å². The lowest BCUT2D eigenvalue weighted by Gasteiger charge is -2.25. The van der Waals surface area contributed by atoms with Crippen LogP contribution in [0.2, 0.25) is 0 Å². The summed E-state index contributed by atoms with van der Waals surface area (Å²) in [6, 6.07) is 25.5. The van der Waals surface area contributed by atoms with E-state index in [1.807, 2.05) is 78.4 Å². The molecule has 48 heavy (non-hydrogen) atoms. The summed E-state index contributed by atoms with van der Waals surface area (Å²) in [5.41, 5.74) is 5.10. The molecule has 1 unspecified atom stereocenters. The molecule has 2 aromatic carbocycles. The van der Waals surface area contributed by atoms with Gasteiger partial charge in [0.1, 0.15) is 0 Å². The Bertz CT molecular complexity index is 1310. The van der Waals surface area contributed by atoms with E-state index in [2.05, 4.69) is 89.0 Å². The molecule has 8 nitrogen and oxygen atoms in total. The van der Waals surface area contributed by atoms with Crippen LogP contribution < -0.4 is 21.3 Å². The second-order valence-electron chi connectivity index (χ2n) is 12.8. The van der Waals surface area contributed by atoms with Gasteiger partial charge in [0.05, 0.1) is 0 Å². The lowest BCUT2D eigenvalue weighted by atomic mass is 10.1. The number of hydrogen-bond donors (Lipinski definition) is 4. The van der Waals surface area contributed by atoms with Crippen molar-refractivity contribution in [1.29, 1.82) is 0 Å². The van der Waals surface area contributed by atoms with Crippen LogP contribution in [0, 0.1) is 0 Å². The first-order valence-corrected chi connectivity index (χ1v) is 18.5. The Labute approximate surface area is 296 Å². The highest BCUT2D eigenvalue weighted by atomic mass is 32.1. The Morgan fingerprint density at radius 1 is 0.562 bits per heavy atom. The minimum absolute atomic E-state index is 0.0994. The highest BCUT2D eigenvalue weighted by molar-refractivity contribution is 7.08. The van der Waals surface area contributed by atoms with Crippen molar-refractivity contribution in [3.8, 4) is 0 Å². The van der Waals surface area contributed by atoms with Gasteiger partial charge >= 0.3 is 12.1 Å². The van der Waals surface area contributed by atoms with E-state index < -0.39 is 0 Å². The number of hydrogen-bond acceptors (Lipinski definition) is 6. The smallest absolute Gasteiger partial charge is 0.315 e. The van der Waals surface area contributed by atoms with Crippen molar-refractivity contribution >= 4 is 34.7 Å². The highest BCUT2D eigenvalue weighted by Gasteiger charge is 2.16. The van der Waals surface area contributed by atoms with Gasteiger partial charge in [-0.05, 0) is 124 Å². The maximum Gasteiger partial charge on any atom is 0.315 e. The van der Waals surface area contributed by atoms with E-state index in [4.69, 9.17) is 0 Å². The van der Waals surface area contributed by atoms with Crippen LogP contribution in [-0.4, -0.2) is 87.3 Å².